The molecule has 0 atom stereocenters. The van der Waals surface area contributed by atoms with Crippen LogP contribution in [0.25, 0.3) is 11.5 Å². The second kappa shape index (κ2) is 3.82. The third-order valence-corrected chi connectivity index (χ3v) is 1.91. The Bertz CT molecular complexity index is 565. The number of nitriles is 1. The first-order valence-corrected chi connectivity index (χ1v) is 4.35. The van der Waals surface area contributed by atoms with E-state index in [4.69, 9.17) is 15.5 Å². The fraction of sp³-hybridized carbons (Fsp3) is 0. The fourth-order valence-corrected chi connectivity index (χ4v) is 1.13. The molecule has 2 rings (SSSR count). The summed E-state index contributed by atoms with van der Waals surface area (Å²) in [4.78, 5) is 14.5. The largest absolute Gasteiger partial charge is 0.363 e. The molecular weight excluding hydrogens is 208 g/mol. The molecule has 0 aliphatic rings. The van der Waals surface area contributed by atoms with Crippen molar-refractivity contribution in [3.63, 3.8) is 0 Å². The standard InChI is InChI=1S/C10H6N4O2/c11-5-6-1-3-7(4-2-6)10-13-9(8(12)15)14-16-10/h1-4H,(H2,12,15). The number of nitrogens with zero attached hydrogens (tertiary/aromatic N) is 3. The minimum Gasteiger partial charge on any atom is -0.363 e. The molecule has 1 amide bonds. The number of rotatable bonds is 2. The molecule has 6 heteroatoms. The molecule has 6 nitrogen and oxygen atoms in total. The third kappa shape index (κ3) is 1.74. The highest BCUT2D eigenvalue weighted by Gasteiger charge is 2.12. The molecule has 0 spiro atoms. The molecule has 0 unspecified atom stereocenters. The van der Waals surface area contributed by atoms with Crippen LogP contribution in [0.1, 0.15) is 16.2 Å². The van der Waals surface area contributed by atoms with E-state index in [0.29, 0.717) is 11.1 Å². The second-order valence-corrected chi connectivity index (χ2v) is 2.98. The molecule has 0 aliphatic heterocycles. The number of primary amides is 1. The molecule has 78 valence electrons. The second-order valence-electron chi connectivity index (χ2n) is 2.98. The number of carbonyl (C=O) groups excluding carboxylic acids is 1. The van der Waals surface area contributed by atoms with Crippen molar-refractivity contribution in [1.82, 2.24) is 10.1 Å². The molecule has 0 bridgehead atoms. The van der Waals surface area contributed by atoms with Crippen LogP contribution in [-0.4, -0.2) is 16.0 Å². The van der Waals surface area contributed by atoms with Gasteiger partial charge in [-0.05, 0) is 24.3 Å². The van der Waals surface area contributed by atoms with Gasteiger partial charge in [-0.15, -0.1) is 0 Å². The molecule has 0 radical (unpaired) electrons. The van der Waals surface area contributed by atoms with Crippen LogP contribution in [0.15, 0.2) is 28.8 Å². The highest BCUT2D eigenvalue weighted by molar-refractivity contribution is 5.89. The molecular formula is C10H6N4O2. The Kier molecular flexibility index (Phi) is 2.36. The number of amides is 1. The smallest absolute Gasteiger partial charge is 0.290 e. The van der Waals surface area contributed by atoms with Crippen LogP contribution >= 0.6 is 0 Å². The number of hydrogen-bond donors (Lipinski definition) is 1. The Morgan fingerprint density at radius 2 is 2.06 bits per heavy atom. The monoisotopic (exact) mass is 214 g/mol. The van der Waals surface area contributed by atoms with Gasteiger partial charge in [0, 0.05) is 5.56 Å². The predicted molar refractivity (Wildman–Crippen MR) is 53.0 cm³/mol. The minimum absolute atomic E-state index is 0.167. The van der Waals surface area contributed by atoms with Gasteiger partial charge in [-0.3, -0.25) is 4.79 Å². The number of benzene rings is 1. The van der Waals surface area contributed by atoms with Crippen LogP contribution in [0.5, 0.6) is 0 Å². The SMILES string of the molecule is N#Cc1ccc(-c2nc(C(N)=O)no2)cc1. The first-order valence-electron chi connectivity index (χ1n) is 4.35. The van der Waals surface area contributed by atoms with E-state index in [0.717, 1.165) is 0 Å². The quantitative estimate of drug-likeness (QED) is 0.792. The van der Waals surface area contributed by atoms with Crippen molar-refractivity contribution in [1.29, 1.82) is 5.26 Å². The zero-order valence-electron chi connectivity index (χ0n) is 8.04. The zero-order valence-corrected chi connectivity index (χ0v) is 8.04. The number of hydrogen-bond acceptors (Lipinski definition) is 5. The number of nitrogens with two attached hydrogens (primary N) is 1. The summed E-state index contributed by atoms with van der Waals surface area (Å²) in [5.74, 6) is -0.721. The maximum Gasteiger partial charge on any atom is 0.290 e. The van der Waals surface area contributed by atoms with Gasteiger partial charge in [-0.1, -0.05) is 5.16 Å². The lowest BCUT2D eigenvalue weighted by atomic mass is 10.1. The van der Waals surface area contributed by atoms with Crippen LogP contribution in [0, 0.1) is 11.3 Å². The average molecular weight is 214 g/mol. The maximum atomic E-state index is 10.7. The summed E-state index contributed by atoms with van der Waals surface area (Å²) < 4.78 is 4.84. The summed E-state index contributed by atoms with van der Waals surface area (Å²) in [7, 11) is 0. The summed E-state index contributed by atoms with van der Waals surface area (Å²) in [5, 5.41) is 12.0. The molecule has 2 aromatic rings. The van der Waals surface area contributed by atoms with E-state index in [-0.39, 0.29) is 11.7 Å². The van der Waals surface area contributed by atoms with Crippen molar-refractivity contribution in [3.8, 4) is 17.5 Å². The van der Waals surface area contributed by atoms with Crippen molar-refractivity contribution in [2.75, 3.05) is 0 Å². The predicted octanol–water partition coefficient (Wildman–Crippen LogP) is 0.707. The molecule has 0 saturated heterocycles. The Morgan fingerprint density at radius 3 is 2.56 bits per heavy atom. The van der Waals surface area contributed by atoms with Gasteiger partial charge < -0.3 is 10.3 Å². The van der Waals surface area contributed by atoms with E-state index in [2.05, 4.69) is 10.1 Å². The van der Waals surface area contributed by atoms with Crippen molar-refractivity contribution >= 4 is 5.91 Å². The highest BCUT2D eigenvalue weighted by atomic mass is 16.5. The molecule has 0 aliphatic carbocycles. The molecule has 1 aromatic heterocycles. The van der Waals surface area contributed by atoms with Crippen molar-refractivity contribution in [3.05, 3.63) is 35.7 Å². The summed E-state index contributed by atoms with van der Waals surface area (Å²) >= 11 is 0. The first kappa shape index (κ1) is 9.86. The zero-order chi connectivity index (χ0) is 11.5. The number of carbonyl (C=O) groups is 1. The number of aromatic nitrogens is 2. The summed E-state index contributed by atoms with van der Waals surface area (Å²) in [5.41, 5.74) is 6.13. The van der Waals surface area contributed by atoms with Crippen molar-refractivity contribution < 1.29 is 9.32 Å². The lowest BCUT2D eigenvalue weighted by molar-refractivity contribution is 0.0987. The van der Waals surface area contributed by atoms with Gasteiger partial charge in [0.25, 0.3) is 17.6 Å². The van der Waals surface area contributed by atoms with Crippen LogP contribution in [0.4, 0.5) is 0 Å². The van der Waals surface area contributed by atoms with Gasteiger partial charge in [0.2, 0.25) is 0 Å². The average Bonchev–Trinajstić information content (AvgIpc) is 2.78. The van der Waals surface area contributed by atoms with Gasteiger partial charge in [0.1, 0.15) is 0 Å². The lowest BCUT2D eigenvalue weighted by Gasteiger charge is -1.92. The van der Waals surface area contributed by atoms with Crippen LogP contribution < -0.4 is 5.73 Å². The molecule has 1 heterocycles. The topological polar surface area (TPSA) is 106 Å². The summed E-state index contributed by atoms with van der Waals surface area (Å²) in [6, 6.07) is 8.52. The van der Waals surface area contributed by atoms with Crippen LogP contribution in [0.2, 0.25) is 0 Å². The first-order chi connectivity index (χ1) is 7.70. The molecule has 16 heavy (non-hydrogen) atoms. The van der Waals surface area contributed by atoms with Gasteiger partial charge in [0.15, 0.2) is 0 Å². The van der Waals surface area contributed by atoms with E-state index < -0.39 is 5.91 Å². The van der Waals surface area contributed by atoms with E-state index in [1.165, 1.54) is 0 Å². The van der Waals surface area contributed by atoms with E-state index >= 15 is 0 Å². The Labute approximate surface area is 90.3 Å². The van der Waals surface area contributed by atoms with E-state index in [1.54, 1.807) is 24.3 Å². The Balaban J connectivity index is 2.36. The third-order valence-electron chi connectivity index (χ3n) is 1.91. The lowest BCUT2D eigenvalue weighted by Crippen LogP contribution is -2.12. The van der Waals surface area contributed by atoms with Gasteiger partial charge in [-0.2, -0.15) is 10.2 Å². The minimum atomic E-state index is -0.747. The van der Waals surface area contributed by atoms with Crippen molar-refractivity contribution in [2.45, 2.75) is 0 Å². The fourth-order valence-electron chi connectivity index (χ4n) is 1.13. The van der Waals surface area contributed by atoms with Crippen LogP contribution in [0.3, 0.4) is 0 Å². The Morgan fingerprint density at radius 1 is 1.38 bits per heavy atom. The molecule has 1 aromatic carbocycles. The Hall–Kier alpha value is -2.68. The van der Waals surface area contributed by atoms with Gasteiger partial charge in [-0.25, -0.2) is 0 Å². The summed E-state index contributed by atoms with van der Waals surface area (Å²) in [6.07, 6.45) is 0. The van der Waals surface area contributed by atoms with Crippen LogP contribution in [-0.2, 0) is 0 Å². The van der Waals surface area contributed by atoms with E-state index in [1.807, 2.05) is 6.07 Å². The molecule has 0 fully saturated rings. The van der Waals surface area contributed by atoms with Gasteiger partial charge in [0.05, 0.1) is 11.6 Å². The van der Waals surface area contributed by atoms with E-state index in [9.17, 15) is 4.79 Å². The van der Waals surface area contributed by atoms with Gasteiger partial charge >= 0.3 is 0 Å². The normalized spacial score (nSPS) is 9.69. The summed E-state index contributed by atoms with van der Waals surface area (Å²) in [6.45, 7) is 0. The molecule has 0 saturated carbocycles. The molecule has 2 N–H and O–H groups in total. The highest BCUT2D eigenvalue weighted by Crippen LogP contribution is 2.17. The maximum absolute atomic E-state index is 10.7. The van der Waals surface area contributed by atoms with Crippen molar-refractivity contribution in [2.24, 2.45) is 5.73 Å².